The van der Waals surface area contributed by atoms with Gasteiger partial charge in [0.25, 0.3) is 0 Å². The van der Waals surface area contributed by atoms with Crippen molar-refractivity contribution >= 4 is 21.9 Å². The van der Waals surface area contributed by atoms with E-state index in [4.69, 9.17) is 10.8 Å². The molecule has 0 aromatic carbocycles. The third-order valence-corrected chi connectivity index (χ3v) is 2.16. The van der Waals surface area contributed by atoms with E-state index in [0.29, 0.717) is 10.2 Å². The van der Waals surface area contributed by atoms with Crippen molar-refractivity contribution < 1.29 is 15.0 Å². The maximum atomic E-state index is 10.4. The predicted octanol–water partition coefficient (Wildman–Crippen LogP) is 0.289. The van der Waals surface area contributed by atoms with Gasteiger partial charge in [-0.15, -0.1) is 0 Å². The van der Waals surface area contributed by atoms with Gasteiger partial charge in [0.05, 0.1) is 6.04 Å². The molecular formula is C8H9BrN2O3. The Morgan fingerprint density at radius 1 is 1.64 bits per heavy atom. The fourth-order valence-electron chi connectivity index (χ4n) is 0.961. The van der Waals surface area contributed by atoms with Gasteiger partial charge in [-0.05, 0) is 33.6 Å². The molecule has 5 nitrogen and oxygen atoms in total. The molecule has 0 amide bonds. The number of aliphatic carboxylic acids is 1. The molecule has 0 bridgehead atoms. The number of nitrogens with two attached hydrogens (primary N) is 1. The number of halogens is 1. The molecule has 1 heterocycles. The van der Waals surface area contributed by atoms with E-state index in [0.717, 1.165) is 0 Å². The lowest BCUT2D eigenvalue weighted by Crippen LogP contribution is -2.33. The van der Waals surface area contributed by atoms with E-state index in [1.807, 2.05) is 0 Å². The average molecular weight is 261 g/mol. The summed E-state index contributed by atoms with van der Waals surface area (Å²) in [5, 5.41) is 17.7. The Balaban J connectivity index is 2.89. The number of nitrogens with zero attached hydrogens (tertiary/aromatic N) is 1. The van der Waals surface area contributed by atoms with Crippen molar-refractivity contribution in [1.82, 2.24) is 4.98 Å². The highest BCUT2D eigenvalue weighted by Crippen LogP contribution is 2.17. The molecule has 2 atom stereocenters. The van der Waals surface area contributed by atoms with E-state index in [-0.39, 0.29) is 0 Å². The minimum Gasteiger partial charge on any atom is -0.479 e. The zero-order chi connectivity index (χ0) is 10.7. The monoisotopic (exact) mass is 260 g/mol. The molecule has 76 valence electrons. The van der Waals surface area contributed by atoms with E-state index in [1.54, 1.807) is 12.1 Å². The molecule has 6 heteroatoms. The van der Waals surface area contributed by atoms with Crippen LogP contribution in [0.3, 0.4) is 0 Å². The first kappa shape index (κ1) is 11.1. The summed E-state index contributed by atoms with van der Waals surface area (Å²) in [6, 6.07) is 2.17. The summed E-state index contributed by atoms with van der Waals surface area (Å²) in [6.07, 6.45) is -0.127. The summed E-state index contributed by atoms with van der Waals surface area (Å²) >= 11 is 3.12. The quantitative estimate of drug-likeness (QED) is 0.679. The number of aliphatic hydroxyl groups excluding tert-OH is 1. The summed E-state index contributed by atoms with van der Waals surface area (Å²) in [6.45, 7) is 0. The molecule has 4 N–H and O–H groups in total. The van der Waals surface area contributed by atoms with Gasteiger partial charge in [0, 0.05) is 6.20 Å². The van der Waals surface area contributed by atoms with E-state index < -0.39 is 18.1 Å². The van der Waals surface area contributed by atoms with Gasteiger partial charge in [-0.25, -0.2) is 9.78 Å². The van der Waals surface area contributed by atoms with Crippen LogP contribution in [0.1, 0.15) is 11.6 Å². The van der Waals surface area contributed by atoms with Crippen molar-refractivity contribution in [2.75, 3.05) is 0 Å². The number of hydrogen-bond donors (Lipinski definition) is 3. The maximum absolute atomic E-state index is 10.4. The molecule has 0 spiro atoms. The largest absolute Gasteiger partial charge is 0.479 e. The number of aromatic nitrogens is 1. The number of aliphatic hydroxyl groups is 1. The Kier molecular flexibility index (Phi) is 3.56. The van der Waals surface area contributed by atoms with Crippen molar-refractivity contribution in [3.8, 4) is 0 Å². The van der Waals surface area contributed by atoms with Crippen LogP contribution in [0, 0.1) is 0 Å². The lowest BCUT2D eigenvalue weighted by molar-refractivity contribution is -0.147. The van der Waals surface area contributed by atoms with Crippen LogP contribution in [0.4, 0.5) is 0 Å². The summed E-state index contributed by atoms with van der Waals surface area (Å²) in [5.74, 6) is -1.34. The minimum absolute atomic E-state index is 0.516. The van der Waals surface area contributed by atoms with Crippen molar-refractivity contribution in [3.05, 3.63) is 28.5 Å². The molecule has 0 saturated heterocycles. The van der Waals surface area contributed by atoms with Crippen LogP contribution in [-0.2, 0) is 4.79 Å². The molecule has 1 aromatic rings. The first-order valence-corrected chi connectivity index (χ1v) is 4.59. The highest BCUT2D eigenvalue weighted by Gasteiger charge is 2.23. The van der Waals surface area contributed by atoms with Gasteiger partial charge < -0.3 is 15.9 Å². The normalized spacial score (nSPS) is 14.8. The fourth-order valence-corrected chi connectivity index (χ4v) is 1.34. The van der Waals surface area contributed by atoms with Gasteiger partial charge in [0.15, 0.2) is 6.10 Å². The highest BCUT2D eigenvalue weighted by atomic mass is 79.9. The van der Waals surface area contributed by atoms with Gasteiger partial charge in [-0.2, -0.15) is 0 Å². The Morgan fingerprint density at radius 3 is 2.79 bits per heavy atom. The van der Waals surface area contributed by atoms with Crippen LogP contribution >= 0.6 is 15.9 Å². The van der Waals surface area contributed by atoms with Crippen LogP contribution in [0.25, 0.3) is 0 Å². The van der Waals surface area contributed by atoms with Gasteiger partial charge in [-0.3, -0.25) is 0 Å². The lowest BCUT2D eigenvalue weighted by atomic mass is 10.0. The van der Waals surface area contributed by atoms with Crippen LogP contribution in [0.5, 0.6) is 0 Å². The maximum Gasteiger partial charge on any atom is 0.334 e. The van der Waals surface area contributed by atoms with Crippen molar-refractivity contribution in [2.45, 2.75) is 12.1 Å². The number of pyridine rings is 1. The zero-order valence-corrected chi connectivity index (χ0v) is 8.68. The van der Waals surface area contributed by atoms with Gasteiger partial charge in [-0.1, -0.05) is 0 Å². The molecule has 0 fully saturated rings. The Bertz CT molecular complexity index is 345. The van der Waals surface area contributed by atoms with Crippen LogP contribution in [0.15, 0.2) is 22.9 Å². The SMILES string of the molecule is NC(c1ccnc(Br)c1)C(O)C(=O)O. The first-order chi connectivity index (χ1) is 6.52. The van der Waals surface area contributed by atoms with Crippen LogP contribution in [-0.4, -0.2) is 27.3 Å². The van der Waals surface area contributed by atoms with Gasteiger partial charge in [0.2, 0.25) is 0 Å². The standard InChI is InChI=1S/C8H9BrN2O3/c9-5-3-4(1-2-11-5)6(10)7(12)8(13)14/h1-3,6-7,12H,10H2,(H,13,14). The Morgan fingerprint density at radius 2 is 2.29 bits per heavy atom. The minimum atomic E-state index is -1.61. The Hall–Kier alpha value is -0.980. The van der Waals surface area contributed by atoms with E-state index in [1.165, 1.54) is 6.20 Å². The first-order valence-electron chi connectivity index (χ1n) is 3.80. The molecule has 0 aliphatic rings. The topological polar surface area (TPSA) is 96.4 Å². The summed E-state index contributed by atoms with van der Waals surface area (Å²) in [7, 11) is 0. The molecule has 0 aliphatic heterocycles. The number of carboxylic acids is 1. The Labute approximate surface area is 88.7 Å². The number of carboxylic acid groups (broad SMARTS) is 1. The van der Waals surface area contributed by atoms with Crippen molar-refractivity contribution in [2.24, 2.45) is 5.73 Å². The van der Waals surface area contributed by atoms with Crippen molar-refractivity contribution in [1.29, 1.82) is 0 Å². The lowest BCUT2D eigenvalue weighted by Gasteiger charge is -2.14. The van der Waals surface area contributed by atoms with Gasteiger partial charge in [0.1, 0.15) is 4.60 Å². The van der Waals surface area contributed by atoms with Crippen LogP contribution in [0.2, 0.25) is 0 Å². The fraction of sp³-hybridized carbons (Fsp3) is 0.250. The molecule has 0 saturated carbocycles. The number of carbonyl (C=O) groups is 1. The highest BCUT2D eigenvalue weighted by molar-refractivity contribution is 9.10. The second kappa shape index (κ2) is 4.50. The van der Waals surface area contributed by atoms with Gasteiger partial charge >= 0.3 is 5.97 Å². The summed E-state index contributed by atoms with van der Waals surface area (Å²) < 4.78 is 0.544. The molecular weight excluding hydrogens is 252 g/mol. The number of rotatable bonds is 3. The zero-order valence-electron chi connectivity index (χ0n) is 7.09. The van der Waals surface area contributed by atoms with E-state index in [9.17, 15) is 9.90 Å². The molecule has 2 unspecified atom stereocenters. The number of hydrogen-bond acceptors (Lipinski definition) is 4. The third-order valence-electron chi connectivity index (χ3n) is 1.73. The van der Waals surface area contributed by atoms with E-state index >= 15 is 0 Å². The molecule has 14 heavy (non-hydrogen) atoms. The molecule has 0 aliphatic carbocycles. The summed E-state index contributed by atoms with van der Waals surface area (Å²) in [4.78, 5) is 14.3. The smallest absolute Gasteiger partial charge is 0.334 e. The predicted molar refractivity (Wildman–Crippen MR) is 52.5 cm³/mol. The molecule has 1 rings (SSSR count). The average Bonchev–Trinajstić information content (AvgIpc) is 2.15. The molecule has 0 radical (unpaired) electrons. The molecule has 1 aromatic heterocycles. The second-order valence-electron chi connectivity index (χ2n) is 2.72. The van der Waals surface area contributed by atoms with Crippen molar-refractivity contribution in [3.63, 3.8) is 0 Å². The third kappa shape index (κ3) is 2.50. The summed E-state index contributed by atoms with van der Waals surface area (Å²) in [5.41, 5.74) is 6.04. The van der Waals surface area contributed by atoms with E-state index in [2.05, 4.69) is 20.9 Å². The van der Waals surface area contributed by atoms with Crippen LogP contribution < -0.4 is 5.73 Å². The second-order valence-corrected chi connectivity index (χ2v) is 3.53.